The third-order valence-corrected chi connectivity index (χ3v) is 4.23. The highest BCUT2D eigenvalue weighted by Gasteiger charge is 2.58. The van der Waals surface area contributed by atoms with E-state index in [4.69, 9.17) is 9.47 Å². The molecule has 1 aromatic rings. The van der Waals surface area contributed by atoms with Gasteiger partial charge >= 0.3 is 11.9 Å². The summed E-state index contributed by atoms with van der Waals surface area (Å²) in [5.41, 5.74) is -2.55. The van der Waals surface area contributed by atoms with E-state index in [0.717, 1.165) is 17.9 Å². The number of carbonyl (C=O) groups is 3. The fourth-order valence-electron chi connectivity index (χ4n) is 3.13. The van der Waals surface area contributed by atoms with Gasteiger partial charge < -0.3 is 9.47 Å². The molecule has 2 rings (SSSR count). The van der Waals surface area contributed by atoms with Crippen molar-refractivity contribution in [2.24, 2.45) is 0 Å². The van der Waals surface area contributed by atoms with Crippen LogP contribution < -0.4 is 0 Å². The van der Waals surface area contributed by atoms with Crippen molar-refractivity contribution in [2.75, 3.05) is 13.2 Å². The Bertz CT molecular complexity index is 810. The van der Waals surface area contributed by atoms with Crippen LogP contribution in [0.15, 0.2) is 48.1 Å². The topological polar surface area (TPSA) is 72.9 Å². The molecular formula is C20H21F2NO5. The van der Waals surface area contributed by atoms with Crippen LogP contribution in [-0.2, 0) is 23.9 Å². The lowest BCUT2D eigenvalue weighted by Gasteiger charge is -2.43. The zero-order chi connectivity index (χ0) is 20.9. The zero-order valence-electron chi connectivity index (χ0n) is 15.8. The van der Waals surface area contributed by atoms with Crippen LogP contribution in [-0.4, -0.2) is 41.5 Å². The molecular weight excluding hydrogens is 372 g/mol. The summed E-state index contributed by atoms with van der Waals surface area (Å²) >= 11 is 0. The second kappa shape index (κ2) is 8.77. The second-order valence-corrected chi connectivity index (χ2v) is 6.01. The van der Waals surface area contributed by atoms with Gasteiger partial charge in [0.1, 0.15) is 0 Å². The van der Waals surface area contributed by atoms with Gasteiger partial charge in [-0.05, 0) is 25.5 Å². The van der Waals surface area contributed by atoms with E-state index in [0.29, 0.717) is 5.56 Å². The van der Waals surface area contributed by atoms with Gasteiger partial charge in [-0.25, -0.2) is 9.59 Å². The number of amides is 1. The van der Waals surface area contributed by atoms with Crippen molar-refractivity contribution in [2.45, 2.75) is 32.7 Å². The minimum absolute atomic E-state index is 0.0109. The van der Waals surface area contributed by atoms with Gasteiger partial charge in [0.25, 0.3) is 6.08 Å². The number of halogens is 2. The molecule has 1 heterocycles. The lowest BCUT2D eigenvalue weighted by atomic mass is 9.83. The molecule has 8 heteroatoms. The van der Waals surface area contributed by atoms with Crippen molar-refractivity contribution in [3.05, 3.63) is 53.6 Å². The first-order chi connectivity index (χ1) is 13.3. The number of benzene rings is 1. The molecule has 0 spiro atoms. The van der Waals surface area contributed by atoms with Crippen molar-refractivity contribution < 1.29 is 32.6 Å². The summed E-state index contributed by atoms with van der Waals surface area (Å²) in [5.74, 6) is -2.93. The zero-order valence-corrected chi connectivity index (χ0v) is 15.8. The summed E-state index contributed by atoms with van der Waals surface area (Å²) < 4.78 is 37.2. The quantitative estimate of drug-likeness (QED) is 0.567. The monoisotopic (exact) mass is 393 g/mol. The molecule has 0 N–H and O–H groups in total. The summed E-state index contributed by atoms with van der Waals surface area (Å²) in [7, 11) is 0. The van der Waals surface area contributed by atoms with E-state index in [2.05, 4.69) is 0 Å². The number of nitrogens with zero attached hydrogens (tertiary/aromatic N) is 1. The maximum Gasteiger partial charge on any atom is 0.344 e. The summed E-state index contributed by atoms with van der Waals surface area (Å²) in [6.07, 6.45) is -1.71. The van der Waals surface area contributed by atoms with E-state index in [-0.39, 0.29) is 18.9 Å². The molecule has 1 amide bonds. The lowest BCUT2D eigenvalue weighted by Crippen LogP contribution is -2.63. The number of hydrogen-bond donors (Lipinski definition) is 0. The first-order valence-corrected chi connectivity index (χ1v) is 8.76. The van der Waals surface area contributed by atoms with E-state index < -0.39 is 41.5 Å². The highest BCUT2D eigenvalue weighted by Crippen LogP contribution is 2.41. The van der Waals surface area contributed by atoms with Crippen LogP contribution >= 0.6 is 0 Å². The summed E-state index contributed by atoms with van der Waals surface area (Å²) in [6.45, 7) is 3.96. The molecule has 28 heavy (non-hydrogen) atoms. The van der Waals surface area contributed by atoms with Crippen molar-refractivity contribution in [3.8, 4) is 0 Å². The second-order valence-electron chi connectivity index (χ2n) is 6.01. The average Bonchev–Trinajstić information content (AvgIpc) is 2.67. The number of allylic oxidation sites excluding steroid dienone is 1. The molecule has 0 saturated heterocycles. The van der Waals surface area contributed by atoms with Crippen LogP contribution in [0.25, 0.3) is 5.70 Å². The Morgan fingerprint density at radius 1 is 1.04 bits per heavy atom. The Morgan fingerprint density at radius 2 is 1.57 bits per heavy atom. The van der Waals surface area contributed by atoms with E-state index in [1.165, 1.54) is 13.8 Å². The molecule has 0 aliphatic carbocycles. The van der Waals surface area contributed by atoms with Crippen LogP contribution in [0.3, 0.4) is 0 Å². The molecule has 1 aromatic carbocycles. The molecule has 0 saturated carbocycles. The van der Waals surface area contributed by atoms with Crippen LogP contribution in [0.2, 0.25) is 0 Å². The minimum atomic E-state index is -2.38. The Balaban J connectivity index is 2.83. The number of hydrogen-bond acceptors (Lipinski definition) is 5. The van der Waals surface area contributed by atoms with Crippen molar-refractivity contribution in [1.82, 2.24) is 4.90 Å². The number of esters is 2. The molecule has 0 bridgehead atoms. The van der Waals surface area contributed by atoms with Crippen molar-refractivity contribution >= 4 is 23.5 Å². The van der Waals surface area contributed by atoms with Crippen molar-refractivity contribution in [1.29, 1.82) is 0 Å². The summed E-state index contributed by atoms with van der Waals surface area (Å²) in [4.78, 5) is 39.2. The van der Waals surface area contributed by atoms with E-state index >= 15 is 0 Å². The molecule has 6 nitrogen and oxygen atoms in total. The predicted molar refractivity (Wildman–Crippen MR) is 96.8 cm³/mol. The van der Waals surface area contributed by atoms with Gasteiger partial charge in [-0.1, -0.05) is 30.3 Å². The molecule has 0 fully saturated rings. The maximum atomic E-state index is 13.6. The third-order valence-electron chi connectivity index (χ3n) is 4.23. The maximum absolute atomic E-state index is 13.6. The molecule has 0 unspecified atom stereocenters. The molecule has 150 valence electrons. The van der Waals surface area contributed by atoms with Gasteiger partial charge in [0, 0.05) is 18.9 Å². The normalized spacial score (nSPS) is 15.5. The number of carbonyl (C=O) groups excluding carboxylic acids is 3. The molecule has 0 aromatic heterocycles. The largest absolute Gasteiger partial charge is 0.464 e. The van der Waals surface area contributed by atoms with Gasteiger partial charge in [-0.2, -0.15) is 8.78 Å². The molecule has 0 radical (unpaired) electrons. The minimum Gasteiger partial charge on any atom is -0.464 e. The van der Waals surface area contributed by atoms with Crippen LogP contribution in [0.1, 0.15) is 32.8 Å². The van der Waals surface area contributed by atoms with E-state index in [1.54, 1.807) is 30.3 Å². The van der Waals surface area contributed by atoms with Gasteiger partial charge in [-0.15, -0.1) is 0 Å². The van der Waals surface area contributed by atoms with Gasteiger partial charge in [0.05, 0.1) is 18.9 Å². The summed E-state index contributed by atoms with van der Waals surface area (Å²) in [5, 5.41) is 0. The molecule has 1 aliphatic rings. The smallest absolute Gasteiger partial charge is 0.344 e. The van der Waals surface area contributed by atoms with Gasteiger partial charge in [-0.3, -0.25) is 9.69 Å². The van der Waals surface area contributed by atoms with Crippen molar-refractivity contribution in [3.63, 3.8) is 0 Å². The fourth-order valence-corrected chi connectivity index (χ4v) is 3.13. The Hall–Kier alpha value is -3.03. The third kappa shape index (κ3) is 3.81. The SMILES string of the molecule is CCOC(=O)C1(C(=O)OCC)CC(=C(F)F)C=C(c2ccccc2)N1C(C)=O. The van der Waals surface area contributed by atoms with Gasteiger partial charge in [0.15, 0.2) is 0 Å². The average molecular weight is 393 g/mol. The Labute approximate surface area is 161 Å². The fraction of sp³-hybridized carbons (Fsp3) is 0.350. The molecule has 0 atom stereocenters. The summed E-state index contributed by atoms with van der Waals surface area (Å²) in [6, 6.07) is 8.18. The van der Waals surface area contributed by atoms with Crippen LogP contribution in [0, 0.1) is 0 Å². The first-order valence-electron chi connectivity index (χ1n) is 8.76. The van der Waals surface area contributed by atoms with Crippen LogP contribution in [0.5, 0.6) is 0 Å². The van der Waals surface area contributed by atoms with Gasteiger partial charge in [0.2, 0.25) is 11.4 Å². The highest BCUT2D eigenvalue weighted by molar-refractivity contribution is 6.11. The lowest BCUT2D eigenvalue weighted by molar-refractivity contribution is -0.175. The Kier molecular flexibility index (Phi) is 6.66. The van der Waals surface area contributed by atoms with Crippen LogP contribution in [0.4, 0.5) is 8.78 Å². The standard InChI is InChI=1S/C20H21F2NO5/c1-4-27-18(25)20(19(26)28-5-2)12-15(17(21)22)11-16(23(20)13(3)24)14-9-7-6-8-10-14/h6-11H,4-5,12H2,1-3H3. The highest BCUT2D eigenvalue weighted by atomic mass is 19.3. The van der Waals surface area contributed by atoms with E-state index in [9.17, 15) is 23.2 Å². The molecule has 1 aliphatic heterocycles. The number of rotatable bonds is 5. The first kappa shape index (κ1) is 21.3. The number of ether oxygens (including phenoxy) is 2. The van der Waals surface area contributed by atoms with E-state index in [1.807, 2.05) is 0 Å². The Morgan fingerprint density at radius 3 is 2.00 bits per heavy atom. The predicted octanol–water partition coefficient (Wildman–Crippen LogP) is 3.30.